The molecule has 4 N–H and O–H groups in total. The molecule has 10 heteroatoms. The molecule has 3 amide bonds. The van der Waals surface area contributed by atoms with E-state index in [0.29, 0.717) is 30.8 Å². The zero-order chi connectivity index (χ0) is 25.6. The highest BCUT2D eigenvalue weighted by Crippen LogP contribution is 2.23. The Kier molecular flexibility index (Phi) is 8.12. The maximum Gasteiger partial charge on any atom is 0.269 e. The summed E-state index contributed by atoms with van der Waals surface area (Å²) in [6.45, 7) is 6.45. The van der Waals surface area contributed by atoms with Crippen molar-refractivity contribution in [1.82, 2.24) is 26.1 Å². The van der Waals surface area contributed by atoms with Crippen molar-refractivity contribution in [3.63, 3.8) is 0 Å². The first kappa shape index (κ1) is 25.7. The third kappa shape index (κ3) is 7.06. The van der Waals surface area contributed by atoms with Gasteiger partial charge in [0.15, 0.2) is 0 Å². The number of ether oxygens (including phenoxy) is 1. The Morgan fingerprint density at radius 2 is 1.97 bits per heavy atom. The number of hydrogen-bond acceptors (Lipinski definition) is 6. The third-order valence-electron chi connectivity index (χ3n) is 5.80. The van der Waals surface area contributed by atoms with Crippen LogP contribution in [0.5, 0.6) is 5.75 Å². The molecule has 0 bridgehead atoms. The van der Waals surface area contributed by atoms with E-state index >= 15 is 0 Å². The molecule has 3 rings (SSSR count). The van der Waals surface area contributed by atoms with Crippen molar-refractivity contribution in [1.29, 1.82) is 5.26 Å². The molecule has 2 heterocycles. The molecule has 1 aliphatic heterocycles. The predicted molar refractivity (Wildman–Crippen MR) is 129 cm³/mol. The number of methoxy groups -OCH3 is 1. The fourth-order valence-electron chi connectivity index (χ4n) is 3.98. The van der Waals surface area contributed by atoms with Crippen molar-refractivity contribution in [2.75, 3.05) is 13.7 Å². The molecule has 186 valence electrons. The zero-order valence-corrected chi connectivity index (χ0v) is 20.5. The van der Waals surface area contributed by atoms with Gasteiger partial charge in [-0.2, -0.15) is 10.4 Å². The van der Waals surface area contributed by atoms with Crippen molar-refractivity contribution < 1.29 is 19.1 Å². The van der Waals surface area contributed by atoms with E-state index in [2.05, 4.69) is 32.2 Å². The number of nitrogens with one attached hydrogen (secondary N) is 4. The van der Waals surface area contributed by atoms with Gasteiger partial charge in [-0.1, -0.05) is 20.8 Å². The smallest absolute Gasteiger partial charge is 0.269 e. The monoisotopic (exact) mass is 480 g/mol. The first-order valence-corrected chi connectivity index (χ1v) is 11.6. The highest BCUT2D eigenvalue weighted by atomic mass is 16.5. The van der Waals surface area contributed by atoms with Crippen LogP contribution < -0.4 is 20.7 Å². The summed E-state index contributed by atoms with van der Waals surface area (Å²) in [5.74, 6) is -0.649. The lowest BCUT2D eigenvalue weighted by atomic mass is 9.87. The van der Waals surface area contributed by atoms with E-state index in [0.717, 1.165) is 5.56 Å². The van der Waals surface area contributed by atoms with Gasteiger partial charge in [-0.3, -0.25) is 19.5 Å². The fraction of sp³-hybridized carbons (Fsp3) is 0.480. The second-order valence-corrected chi connectivity index (χ2v) is 9.89. The van der Waals surface area contributed by atoms with Crippen LogP contribution in [-0.2, 0) is 9.59 Å². The van der Waals surface area contributed by atoms with Gasteiger partial charge < -0.3 is 20.7 Å². The van der Waals surface area contributed by atoms with Crippen LogP contribution in [0.2, 0.25) is 0 Å². The zero-order valence-electron chi connectivity index (χ0n) is 20.5. The van der Waals surface area contributed by atoms with Gasteiger partial charge >= 0.3 is 0 Å². The van der Waals surface area contributed by atoms with Crippen LogP contribution in [0.1, 0.15) is 50.5 Å². The minimum Gasteiger partial charge on any atom is -0.497 e. The number of amides is 3. The largest absolute Gasteiger partial charge is 0.497 e. The standard InChI is InChI=1S/C25H32N6O4/c1-25(2,3)13-21(24(34)28-17(14-26)11-16-9-10-27-22(16)32)29-23(33)20-12-19(30-31-20)15-5-7-18(35-4)8-6-15/h5-8,12,16-17,21H,9-11,13H2,1-4H3,(H,27,32)(H,28,34)(H,29,33)(H,30,31)/t16-,17-,21-/m0/s1. The molecule has 1 aromatic heterocycles. The lowest BCUT2D eigenvalue weighted by Gasteiger charge is -2.27. The Labute approximate surface area is 204 Å². The normalized spacial score (nSPS) is 17.1. The quantitative estimate of drug-likeness (QED) is 0.432. The Morgan fingerprint density at radius 3 is 2.54 bits per heavy atom. The average molecular weight is 481 g/mol. The molecule has 0 saturated carbocycles. The number of nitrogens with zero attached hydrogens (tertiary/aromatic N) is 2. The summed E-state index contributed by atoms with van der Waals surface area (Å²) >= 11 is 0. The van der Waals surface area contributed by atoms with E-state index in [-0.39, 0.29) is 29.4 Å². The van der Waals surface area contributed by atoms with Gasteiger partial charge in [-0.15, -0.1) is 0 Å². The van der Waals surface area contributed by atoms with E-state index in [1.807, 2.05) is 32.9 Å². The topological polar surface area (TPSA) is 149 Å². The van der Waals surface area contributed by atoms with Crippen LogP contribution in [0.25, 0.3) is 11.3 Å². The summed E-state index contributed by atoms with van der Waals surface area (Å²) in [6.07, 6.45) is 1.22. The molecule has 2 aromatic rings. The highest BCUT2D eigenvalue weighted by Gasteiger charge is 2.32. The second kappa shape index (κ2) is 11.0. The first-order chi connectivity index (χ1) is 16.6. The molecule has 0 radical (unpaired) electrons. The van der Waals surface area contributed by atoms with Crippen LogP contribution in [0.4, 0.5) is 0 Å². The summed E-state index contributed by atoms with van der Waals surface area (Å²) < 4.78 is 5.16. The lowest BCUT2D eigenvalue weighted by Crippen LogP contribution is -2.51. The summed E-state index contributed by atoms with van der Waals surface area (Å²) in [7, 11) is 1.58. The number of hydrogen-bond donors (Lipinski definition) is 4. The Morgan fingerprint density at radius 1 is 1.26 bits per heavy atom. The maximum atomic E-state index is 13.1. The van der Waals surface area contributed by atoms with Crippen molar-refractivity contribution in [3.8, 4) is 23.1 Å². The molecular weight excluding hydrogens is 448 g/mol. The minimum absolute atomic E-state index is 0.106. The van der Waals surface area contributed by atoms with Crippen LogP contribution in [0.15, 0.2) is 30.3 Å². The molecule has 0 unspecified atom stereocenters. The summed E-state index contributed by atoms with van der Waals surface area (Å²) in [5.41, 5.74) is 1.32. The number of aromatic nitrogens is 2. The van der Waals surface area contributed by atoms with E-state index in [9.17, 15) is 19.6 Å². The van der Waals surface area contributed by atoms with Crippen LogP contribution in [-0.4, -0.2) is 53.7 Å². The molecule has 3 atom stereocenters. The Bertz CT molecular complexity index is 1100. The molecule has 1 aromatic carbocycles. The number of rotatable bonds is 9. The van der Waals surface area contributed by atoms with Crippen LogP contribution in [0.3, 0.4) is 0 Å². The van der Waals surface area contributed by atoms with Crippen molar-refractivity contribution in [2.45, 2.75) is 52.1 Å². The molecule has 1 fully saturated rings. The second-order valence-electron chi connectivity index (χ2n) is 9.89. The average Bonchev–Trinajstić information content (AvgIpc) is 3.47. The number of carbonyl (C=O) groups excluding carboxylic acids is 3. The van der Waals surface area contributed by atoms with Crippen LogP contribution >= 0.6 is 0 Å². The number of carbonyl (C=O) groups is 3. The molecular formula is C25H32N6O4. The Balaban J connectivity index is 1.69. The minimum atomic E-state index is -0.872. The molecule has 10 nitrogen and oxygen atoms in total. The van der Waals surface area contributed by atoms with Gasteiger partial charge in [0, 0.05) is 18.0 Å². The van der Waals surface area contributed by atoms with Crippen LogP contribution in [0, 0.1) is 22.7 Å². The van der Waals surface area contributed by atoms with Gasteiger partial charge in [-0.05, 0) is 55.0 Å². The number of nitriles is 1. The summed E-state index contributed by atoms with van der Waals surface area (Å²) in [4.78, 5) is 37.9. The molecule has 0 aliphatic carbocycles. The summed E-state index contributed by atoms with van der Waals surface area (Å²) in [5, 5.41) is 24.7. The SMILES string of the molecule is COc1ccc(-c2cc(C(=O)N[C@@H](CC(C)(C)C)C(=O)N[C@H](C#N)C[C@@H]3CCNC3=O)[nH]n2)cc1. The summed E-state index contributed by atoms with van der Waals surface area (Å²) in [6, 6.07) is 9.24. The van der Waals surface area contributed by atoms with E-state index in [1.165, 1.54) is 0 Å². The van der Waals surface area contributed by atoms with E-state index in [1.54, 1.807) is 25.3 Å². The molecule has 0 spiro atoms. The third-order valence-corrected chi connectivity index (χ3v) is 5.80. The fourth-order valence-corrected chi connectivity index (χ4v) is 3.98. The van der Waals surface area contributed by atoms with Gasteiger partial charge in [0.2, 0.25) is 11.8 Å². The molecule has 1 saturated heterocycles. The van der Waals surface area contributed by atoms with Crippen molar-refractivity contribution >= 4 is 17.7 Å². The molecule has 35 heavy (non-hydrogen) atoms. The van der Waals surface area contributed by atoms with Gasteiger partial charge in [0.25, 0.3) is 5.91 Å². The van der Waals surface area contributed by atoms with E-state index in [4.69, 9.17) is 4.74 Å². The maximum absolute atomic E-state index is 13.1. The number of benzene rings is 1. The highest BCUT2D eigenvalue weighted by molar-refractivity contribution is 5.97. The van der Waals surface area contributed by atoms with Gasteiger partial charge in [-0.25, -0.2) is 0 Å². The Hall–Kier alpha value is -3.87. The number of H-pyrrole nitrogens is 1. The molecule has 1 aliphatic rings. The van der Waals surface area contributed by atoms with Crippen molar-refractivity contribution in [3.05, 3.63) is 36.0 Å². The van der Waals surface area contributed by atoms with E-state index < -0.39 is 23.9 Å². The first-order valence-electron chi connectivity index (χ1n) is 11.6. The lowest BCUT2D eigenvalue weighted by molar-refractivity contribution is -0.125. The van der Waals surface area contributed by atoms with Crippen molar-refractivity contribution in [2.24, 2.45) is 11.3 Å². The number of aromatic amines is 1. The predicted octanol–water partition coefficient (Wildman–Crippen LogP) is 2.15. The van der Waals surface area contributed by atoms with Gasteiger partial charge in [0.1, 0.15) is 23.5 Å². The van der Waals surface area contributed by atoms with Gasteiger partial charge in [0.05, 0.1) is 18.9 Å².